The van der Waals surface area contributed by atoms with E-state index in [0.29, 0.717) is 25.5 Å². The minimum Gasteiger partial charge on any atom is -0.481 e. The third-order valence-electron chi connectivity index (χ3n) is 5.84. The van der Waals surface area contributed by atoms with Crippen molar-refractivity contribution in [3.8, 4) is 0 Å². The van der Waals surface area contributed by atoms with E-state index in [1.165, 1.54) is 11.3 Å². The van der Waals surface area contributed by atoms with Crippen molar-refractivity contribution in [2.24, 2.45) is 15.9 Å². The molecular formula is C23H28N4O2. The molecule has 2 atom stereocenters. The van der Waals surface area contributed by atoms with E-state index < -0.39 is 0 Å². The lowest BCUT2D eigenvalue weighted by Gasteiger charge is -2.34. The number of hydrogen-bond donors (Lipinski definition) is 1. The summed E-state index contributed by atoms with van der Waals surface area (Å²) in [5, 5.41) is 5.08. The van der Waals surface area contributed by atoms with Crippen LogP contribution in [0.25, 0.3) is 5.70 Å². The molecule has 0 aromatic heterocycles. The lowest BCUT2D eigenvalue weighted by atomic mass is 9.92. The van der Waals surface area contributed by atoms with Gasteiger partial charge in [-0.25, -0.2) is 0 Å². The summed E-state index contributed by atoms with van der Waals surface area (Å²) < 4.78 is 5.23. The van der Waals surface area contributed by atoms with Gasteiger partial charge in [0.1, 0.15) is 0 Å². The van der Waals surface area contributed by atoms with E-state index in [-0.39, 0.29) is 17.7 Å². The molecular weight excluding hydrogens is 364 g/mol. The number of aliphatic imine (C=N–C) groups is 1. The number of nitrogens with zero attached hydrogens (tertiary/aromatic N) is 3. The summed E-state index contributed by atoms with van der Waals surface area (Å²) in [6.45, 7) is 6.86. The topological polar surface area (TPSA) is 66.3 Å². The maximum absolute atomic E-state index is 12.1. The van der Waals surface area contributed by atoms with Gasteiger partial charge < -0.3 is 15.0 Å². The normalized spacial score (nSPS) is 23.7. The number of rotatable bonds is 3. The van der Waals surface area contributed by atoms with E-state index in [0.717, 1.165) is 29.1 Å². The zero-order valence-electron chi connectivity index (χ0n) is 17.3. The molecule has 1 aromatic carbocycles. The molecule has 6 heteroatoms. The van der Waals surface area contributed by atoms with Crippen LogP contribution in [-0.4, -0.2) is 50.0 Å². The van der Waals surface area contributed by atoms with E-state index in [1.54, 1.807) is 7.11 Å². The van der Waals surface area contributed by atoms with Gasteiger partial charge in [0, 0.05) is 42.0 Å². The van der Waals surface area contributed by atoms with Crippen molar-refractivity contribution in [1.82, 2.24) is 10.2 Å². The summed E-state index contributed by atoms with van der Waals surface area (Å²) >= 11 is 0. The van der Waals surface area contributed by atoms with Crippen LogP contribution in [0, 0.1) is 12.8 Å². The Bertz CT molecular complexity index is 1020. The van der Waals surface area contributed by atoms with Crippen molar-refractivity contribution in [2.75, 3.05) is 33.3 Å². The Labute approximate surface area is 171 Å². The summed E-state index contributed by atoms with van der Waals surface area (Å²) in [5.74, 6) is 1.19. The Morgan fingerprint density at radius 1 is 1.31 bits per heavy atom. The average Bonchev–Trinajstić information content (AvgIpc) is 2.93. The molecule has 0 bridgehead atoms. The molecule has 1 saturated heterocycles. The van der Waals surface area contributed by atoms with Gasteiger partial charge in [-0.15, -0.1) is 0 Å². The largest absolute Gasteiger partial charge is 0.481 e. The number of piperazine rings is 1. The number of methoxy groups -OCH3 is 1. The molecule has 1 aromatic rings. The minimum absolute atomic E-state index is 0.0786. The first-order valence-corrected chi connectivity index (χ1v) is 10.3. The van der Waals surface area contributed by atoms with Crippen molar-refractivity contribution in [3.05, 3.63) is 58.3 Å². The zero-order valence-corrected chi connectivity index (χ0v) is 17.3. The Kier molecular flexibility index (Phi) is 5.51. The fourth-order valence-corrected chi connectivity index (χ4v) is 4.33. The molecule has 1 amide bonds. The second kappa shape index (κ2) is 8.23. The number of fused-ring (bicyclic) bond motifs is 1. The van der Waals surface area contributed by atoms with E-state index in [2.05, 4.69) is 53.3 Å². The highest BCUT2D eigenvalue weighted by Gasteiger charge is 2.25. The van der Waals surface area contributed by atoms with Crippen LogP contribution in [0.5, 0.6) is 0 Å². The van der Waals surface area contributed by atoms with Gasteiger partial charge in [0.2, 0.25) is 11.8 Å². The molecule has 1 N–H and O–H groups in total. The number of carbonyl (C=O) groups excluding carboxylic acids is 1. The fraction of sp³-hybridized carbons (Fsp3) is 0.435. The van der Waals surface area contributed by atoms with Crippen LogP contribution in [-0.2, 0) is 9.53 Å². The van der Waals surface area contributed by atoms with Gasteiger partial charge in [-0.05, 0) is 36.6 Å². The number of hydrogen-bond acceptors (Lipinski definition) is 5. The highest BCUT2D eigenvalue weighted by Crippen LogP contribution is 2.25. The van der Waals surface area contributed by atoms with E-state index >= 15 is 0 Å². The molecule has 3 aliphatic rings. The number of aryl methyl sites for hydroxylation is 1. The van der Waals surface area contributed by atoms with Crippen LogP contribution >= 0.6 is 0 Å². The number of nitrogens with one attached hydrogen (secondary N) is 1. The lowest BCUT2D eigenvalue weighted by Crippen LogP contribution is -2.50. The number of dihydropyridines is 1. The lowest BCUT2D eigenvalue weighted by molar-refractivity contribution is -0.123. The maximum Gasteiger partial charge on any atom is 0.239 e. The molecule has 3 aliphatic heterocycles. The number of ether oxygens (including phenoxy) is 1. The number of carbonyl (C=O) groups is 1. The van der Waals surface area contributed by atoms with Crippen LogP contribution in [0.4, 0.5) is 0 Å². The monoisotopic (exact) mass is 392 g/mol. The van der Waals surface area contributed by atoms with Gasteiger partial charge in [-0.1, -0.05) is 25.1 Å². The second-order valence-electron chi connectivity index (χ2n) is 7.72. The molecule has 0 saturated carbocycles. The van der Waals surface area contributed by atoms with E-state index in [1.807, 2.05) is 12.3 Å². The van der Waals surface area contributed by atoms with Crippen LogP contribution in [0.15, 0.2) is 46.5 Å². The Hall–Kier alpha value is -2.89. The predicted molar refractivity (Wildman–Crippen MR) is 114 cm³/mol. The first kappa shape index (κ1) is 19.4. The molecule has 29 heavy (non-hydrogen) atoms. The van der Waals surface area contributed by atoms with Crippen LogP contribution in [0.3, 0.4) is 0 Å². The summed E-state index contributed by atoms with van der Waals surface area (Å²) in [7, 11) is 1.64. The van der Waals surface area contributed by atoms with Crippen molar-refractivity contribution < 1.29 is 9.53 Å². The van der Waals surface area contributed by atoms with Crippen molar-refractivity contribution in [2.45, 2.75) is 26.2 Å². The molecule has 152 valence electrons. The minimum atomic E-state index is 0.0786. The van der Waals surface area contributed by atoms with Gasteiger partial charge in [0.25, 0.3) is 0 Å². The van der Waals surface area contributed by atoms with Crippen molar-refractivity contribution in [3.63, 3.8) is 0 Å². The van der Waals surface area contributed by atoms with Crippen LogP contribution < -0.4 is 15.9 Å². The van der Waals surface area contributed by atoms with E-state index in [4.69, 9.17) is 9.73 Å². The summed E-state index contributed by atoms with van der Waals surface area (Å²) in [5.41, 5.74) is 3.58. The number of amides is 1. The third kappa shape index (κ3) is 3.84. The first-order chi connectivity index (χ1) is 14.1. The molecule has 2 unspecified atom stereocenters. The molecule has 0 aliphatic carbocycles. The molecule has 4 rings (SSSR count). The number of benzene rings is 1. The second-order valence-corrected chi connectivity index (χ2v) is 7.72. The predicted octanol–water partition coefficient (Wildman–Crippen LogP) is 1.41. The van der Waals surface area contributed by atoms with Crippen LogP contribution in [0.2, 0.25) is 0 Å². The zero-order chi connectivity index (χ0) is 20.4. The molecule has 3 heterocycles. The highest BCUT2D eigenvalue weighted by atomic mass is 16.5. The van der Waals surface area contributed by atoms with E-state index in [9.17, 15) is 4.79 Å². The SMILES string of the molecule is CCC1C=CN=c2c(C)cc(C3C=CC(OC)=NC3)cc2=C1N1CCNC(=O)C1. The van der Waals surface area contributed by atoms with Gasteiger partial charge in [-0.3, -0.25) is 14.8 Å². The molecule has 1 fully saturated rings. The van der Waals surface area contributed by atoms with Gasteiger partial charge >= 0.3 is 0 Å². The molecule has 0 spiro atoms. The Morgan fingerprint density at radius 3 is 2.86 bits per heavy atom. The van der Waals surface area contributed by atoms with Gasteiger partial charge in [0.15, 0.2) is 0 Å². The summed E-state index contributed by atoms with van der Waals surface area (Å²) in [6, 6.07) is 4.47. The maximum atomic E-state index is 12.1. The van der Waals surface area contributed by atoms with Crippen LogP contribution in [0.1, 0.15) is 30.4 Å². The fourth-order valence-electron chi connectivity index (χ4n) is 4.33. The highest BCUT2D eigenvalue weighted by molar-refractivity contribution is 5.88. The van der Waals surface area contributed by atoms with Gasteiger partial charge in [0.05, 0.1) is 25.6 Å². The quantitative estimate of drug-likeness (QED) is 0.846. The smallest absolute Gasteiger partial charge is 0.239 e. The summed E-state index contributed by atoms with van der Waals surface area (Å²) in [6.07, 6.45) is 9.15. The van der Waals surface area contributed by atoms with Crippen molar-refractivity contribution in [1.29, 1.82) is 0 Å². The average molecular weight is 393 g/mol. The first-order valence-electron chi connectivity index (χ1n) is 10.3. The Morgan fingerprint density at radius 2 is 2.17 bits per heavy atom. The third-order valence-corrected chi connectivity index (χ3v) is 5.84. The molecule has 6 nitrogen and oxygen atoms in total. The standard InChI is InChI=1S/C23H28N4O2/c1-4-16-7-8-25-22-15(2)11-18(17-5-6-21(29-3)26-13-17)12-19(22)23(16)27-10-9-24-20(28)14-27/h5-8,11-12,16-17H,4,9-10,13-14H2,1-3H3,(H,24,28). The Balaban J connectivity index is 1.87. The summed E-state index contributed by atoms with van der Waals surface area (Å²) in [4.78, 5) is 23.6. The van der Waals surface area contributed by atoms with Crippen molar-refractivity contribution >= 4 is 17.5 Å². The van der Waals surface area contributed by atoms with Gasteiger partial charge in [-0.2, -0.15) is 0 Å². The molecule has 0 radical (unpaired) electrons.